The molecule has 2 fully saturated rings. The molecule has 0 aliphatic carbocycles. The highest BCUT2D eigenvalue weighted by Crippen LogP contribution is 2.39. The molecule has 1 unspecified atom stereocenters. The van der Waals surface area contributed by atoms with Crippen molar-refractivity contribution in [3.63, 3.8) is 0 Å². The van der Waals surface area contributed by atoms with Crippen molar-refractivity contribution in [1.29, 1.82) is 0 Å². The normalized spacial score (nSPS) is 26.0. The van der Waals surface area contributed by atoms with E-state index in [4.69, 9.17) is 14.5 Å². The molecule has 0 saturated carbocycles. The zero-order valence-corrected chi connectivity index (χ0v) is 18.9. The lowest BCUT2D eigenvalue weighted by Crippen LogP contribution is -2.54. The van der Waals surface area contributed by atoms with Crippen molar-refractivity contribution in [2.45, 2.75) is 70.1 Å². The van der Waals surface area contributed by atoms with E-state index < -0.39 is 0 Å². The summed E-state index contributed by atoms with van der Waals surface area (Å²) in [6.07, 6.45) is 5.66. The molecular weight excluding hydrogens is 376 g/mol. The van der Waals surface area contributed by atoms with E-state index in [0.717, 1.165) is 57.3 Å². The second kappa shape index (κ2) is 9.15. The summed E-state index contributed by atoms with van der Waals surface area (Å²) in [7, 11) is 0. The van der Waals surface area contributed by atoms with Crippen LogP contribution in [0.4, 0.5) is 0 Å². The van der Waals surface area contributed by atoms with Crippen molar-refractivity contribution >= 4 is 5.96 Å². The van der Waals surface area contributed by atoms with Gasteiger partial charge in [-0.25, -0.2) is 0 Å². The molecule has 6 nitrogen and oxygen atoms in total. The third kappa shape index (κ3) is 4.75. The third-order valence-corrected chi connectivity index (χ3v) is 6.76. The van der Waals surface area contributed by atoms with Crippen LogP contribution in [-0.4, -0.2) is 61.4 Å². The Balaban J connectivity index is 1.54. The van der Waals surface area contributed by atoms with Crippen molar-refractivity contribution in [2.75, 3.05) is 39.4 Å². The smallest absolute Gasteiger partial charge is 0.191 e. The van der Waals surface area contributed by atoms with Gasteiger partial charge in [-0.15, -0.1) is 0 Å². The van der Waals surface area contributed by atoms with Gasteiger partial charge in [0.2, 0.25) is 0 Å². The summed E-state index contributed by atoms with van der Waals surface area (Å²) in [4.78, 5) is 7.80. The summed E-state index contributed by atoms with van der Waals surface area (Å²) in [5, 5.41) is 7.21. The Morgan fingerprint density at radius 3 is 2.63 bits per heavy atom. The van der Waals surface area contributed by atoms with Crippen molar-refractivity contribution in [2.24, 2.45) is 4.99 Å². The maximum atomic E-state index is 6.21. The van der Waals surface area contributed by atoms with Gasteiger partial charge in [0.1, 0.15) is 11.4 Å². The Hall–Kier alpha value is -1.79. The van der Waals surface area contributed by atoms with E-state index in [1.54, 1.807) is 0 Å². The Labute approximate surface area is 181 Å². The minimum absolute atomic E-state index is 0.143. The fraction of sp³-hybridized carbons (Fsp3) is 0.708. The summed E-state index contributed by atoms with van der Waals surface area (Å²) in [5.74, 6) is 1.88. The molecule has 1 atom stereocenters. The molecule has 4 rings (SSSR count). The van der Waals surface area contributed by atoms with Gasteiger partial charge in [0.25, 0.3) is 0 Å². The first-order valence-electron chi connectivity index (χ1n) is 11.7. The minimum Gasteiger partial charge on any atom is -0.487 e. The van der Waals surface area contributed by atoms with Gasteiger partial charge in [0, 0.05) is 37.3 Å². The average Bonchev–Trinajstić information content (AvgIpc) is 3.28. The zero-order valence-electron chi connectivity index (χ0n) is 18.9. The number of guanidine groups is 1. The molecule has 0 spiro atoms. The number of likely N-dealkylation sites (tertiary alicyclic amines) is 1. The van der Waals surface area contributed by atoms with Crippen LogP contribution in [0.1, 0.15) is 64.5 Å². The number of hydrogen-bond acceptors (Lipinski definition) is 4. The number of rotatable bonds is 5. The van der Waals surface area contributed by atoms with Gasteiger partial charge >= 0.3 is 0 Å². The van der Waals surface area contributed by atoms with Gasteiger partial charge < -0.3 is 20.1 Å². The molecule has 1 aromatic rings. The number of aliphatic imine (C=N–C) groups is 1. The number of fused-ring (bicyclic) bond motifs is 1. The molecule has 2 saturated heterocycles. The molecular formula is C24H38N4O2. The van der Waals surface area contributed by atoms with E-state index >= 15 is 0 Å². The van der Waals surface area contributed by atoms with E-state index in [1.807, 2.05) is 6.07 Å². The monoisotopic (exact) mass is 414 g/mol. The molecule has 0 aromatic heterocycles. The van der Waals surface area contributed by atoms with Crippen LogP contribution in [0.25, 0.3) is 0 Å². The molecule has 3 aliphatic rings. The van der Waals surface area contributed by atoms with Crippen LogP contribution in [0.15, 0.2) is 29.3 Å². The molecule has 0 amide bonds. The molecule has 30 heavy (non-hydrogen) atoms. The number of ether oxygens (including phenoxy) is 2. The van der Waals surface area contributed by atoms with Crippen LogP contribution in [0.2, 0.25) is 0 Å². The second-order valence-corrected chi connectivity index (χ2v) is 9.53. The molecule has 3 heterocycles. The number of benzene rings is 1. The van der Waals surface area contributed by atoms with E-state index in [9.17, 15) is 0 Å². The summed E-state index contributed by atoms with van der Waals surface area (Å²) in [6.45, 7) is 12.2. The Bertz CT molecular complexity index is 736. The predicted octanol–water partition coefficient (Wildman–Crippen LogP) is 3.49. The largest absolute Gasteiger partial charge is 0.487 e. The van der Waals surface area contributed by atoms with E-state index in [1.165, 1.54) is 31.5 Å². The van der Waals surface area contributed by atoms with Crippen molar-refractivity contribution in [3.05, 3.63) is 29.8 Å². The molecule has 1 aromatic carbocycles. The number of nitrogens with zero attached hydrogens (tertiary/aromatic N) is 2. The predicted molar refractivity (Wildman–Crippen MR) is 121 cm³/mol. The van der Waals surface area contributed by atoms with Crippen LogP contribution in [0.5, 0.6) is 5.75 Å². The van der Waals surface area contributed by atoms with Gasteiger partial charge in [0.15, 0.2) is 5.96 Å². The van der Waals surface area contributed by atoms with Gasteiger partial charge in [-0.2, -0.15) is 0 Å². The van der Waals surface area contributed by atoms with Crippen LogP contribution in [0.3, 0.4) is 0 Å². The molecule has 166 valence electrons. The first-order valence-corrected chi connectivity index (χ1v) is 11.7. The quantitative estimate of drug-likeness (QED) is 0.571. The van der Waals surface area contributed by atoms with E-state index in [2.05, 4.69) is 54.5 Å². The summed E-state index contributed by atoms with van der Waals surface area (Å²) in [6, 6.07) is 8.54. The first kappa shape index (κ1) is 21.4. The van der Waals surface area contributed by atoms with Crippen LogP contribution < -0.4 is 15.4 Å². The summed E-state index contributed by atoms with van der Waals surface area (Å²) in [5.41, 5.74) is 1.15. The standard InChI is InChI=1S/C24H38N4O2/c1-4-25-22(26-18-24(11-15-29-16-12-24)28-13-7-8-14-28)27-20-17-23(2,3)30-21-10-6-5-9-19(20)21/h5-6,9-10,20H,4,7-8,11-18H2,1-3H3,(H2,25,26,27). The van der Waals surface area contributed by atoms with E-state index in [-0.39, 0.29) is 17.2 Å². The lowest BCUT2D eigenvalue weighted by molar-refractivity contribution is -0.0139. The summed E-state index contributed by atoms with van der Waals surface area (Å²) >= 11 is 0. The summed E-state index contributed by atoms with van der Waals surface area (Å²) < 4.78 is 11.9. The number of hydrogen-bond donors (Lipinski definition) is 2. The third-order valence-electron chi connectivity index (χ3n) is 6.76. The molecule has 6 heteroatoms. The lowest BCUT2D eigenvalue weighted by atomic mass is 9.88. The van der Waals surface area contributed by atoms with Gasteiger partial charge in [-0.05, 0) is 65.6 Å². The minimum atomic E-state index is -0.208. The maximum absolute atomic E-state index is 6.21. The van der Waals surface area contributed by atoms with Crippen molar-refractivity contribution in [3.8, 4) is 5.75 Å². The molecule has 0 radical (unpaired) electrons. The fourth-order valence-electron chi connectivity index (χ4n) is 5.16. The van der Waals surface area contributed by atoms with Gasteiger partial charge in [-0.1, -0.05) is 18.2 Å². The van der Waals surface area contributed by atoms with Crippen molar-refractivity contribution in [1.82, 2.24) is 15.5 Å². The lowest BCUT2D eigenvalue weighted by Gasteiger charge is -2.44. The fourth-order valence-corrected chi connectivity index (χ4v) is 5.16. The Morgan fingerprint density at radius 1 is 1.17 bits per heavy atom. The van der Waals surface area contributed by atoms with Crippen molar-refractivity contribution < 1.29 is 9.47 Å². The average molecular weight is 415 g/mol. The Kier molecular flexibility index (Phi) is 6.54. The van der Waals surface area contributed by atoms with Crippen LogP contribution in [-0.2, 0) is 4.74 Å². The highest BCUT2D eigenvalue weighted by atomic mass is 16.5. The van der Waals surface area contributed by atoms with Gasteiger partial charge in [0.05, 0.1) is 12.6 Å². The molecule has 3 aliphatic heterocycles. The molecule has 2 N–H and O–H groups in total. The van der Waals surface area contributed by atoms with Crippen LogP contribution in [0, 0.1) is 0 Å². The highest BCUT2D eigenvalue weighted by Gasteiger charge is 2.40. The number of para-hydroxylation sites is 1. The SMILES string of the molecule is CCNC(=NCC1(N2CCCC2)CCOCC1)NC1CC(C)(C)Oc2ccccc21. The highest BCUT2D eigenvalue weighted by molar-refractivity contribution is 5.80. The maximum Gasteiger partial charge on any atom is 0.191 e. The van der Waals surface area contributed by atoms with Crippen LogP contribution >= 0.6 is 0 Å². The topological polar surface area (TPSA) is 58.1 Å². The molecule has 0 bridgehead atoms. The number of nitrogens with one attached hydrogen (secondary N) is 2. The van der Waals surface area contributed by atoms with Gasteiger partial charge in [-0.3, -0.25) is 9.89 Å². The second-order valence-electron chi connectivity index (χ2n) is 9.53. The van der Waals surface area contributed by atoms with E-state index in [0.29, 0.717) is 0 Å². The first-order chi connectivity index (χ1) is 14.5. The zero-order chi connectivity index (χ0) is 21.0. The Morgan fingerprint density at radius 2 is 1.90 bits per heavy atom.